The highest BCUT2D eigenvalue weighted by atomic mass is 15.2. The Morgan fingerprint density at radius 1 is 0.327 bits per heavy atom. The van der Waals surface area contributed by atoms with Crippen LogP contribution < -0.4 is 0 Å². The number of para-hydroxylation sites is 2. The number of nitrogens with zero attached hydrogens (tertiary/aromatic N) is 5. The zero-order chi connectivity index (χ0) is 34.2. The molecule has 5 heteroatoms. The van der Waals surface area contributed by atoms with Crippen molar-refractivity contribution < 1.29 is 0 Å². The molecule has 0 N–H and O–H groups in total. The van der Waals surface area contributed by atoms with Gasteiger partial charge in [0.25, 0.3) is 0 Å². The maximum absolute atomic E-state index is 5.32. The highest BCUT2D eigenvalue weighted by molar-refractivity contribution is 6.24. The molecule has 0 bridgehead atoms. The van der Waals surface area contributed by atoms with E-state index >= 15 is 0 Å². The van der Waals surface area contributed by atoms with Gasteiger partial charge in [0, 0.05) is 38.1 Å². The van der Waals surface area contributed by atoms with Crippen LogP contribution in [0.2, 0.25) is 0 Å². The quantitative estimate of drug-likeness (QED) is 0.188. The maximum Gasteiger partial charge on any atom is 0.238 e. The summed E-state index contributed by atoms with van der Waals surface area (Å²) >= 11 is 0. The molecular formula is C47H29N5. The fourth-order valence-corrected chi connectivity index (χ4v) is 8.00. The minimum atomic E-state index is 0.574. The molecular weight excluding hydrogens is 635 g/mol. The van der Waals surface area contributed by atoms with Gasteiger partial charge in [-0.05, 0) is 40.4 Å². The van der Waals surface area contributed by atoms with Crippen LogP contribution in [-0.4, -0.2) is 24.1 Å². The first kappa shape index (κ1) is 28.7. The van der Waals surface area contributed by atoms with Crippen molar-refractivity contribution in [1.29, 1.82) is 0 Å². The van der Waals surface area contributed by atoms with Gasteiger partial charge in [-0.1, -0.05) is 152 Å². The molecule has 5 nitrogen and oxygen atoms in total. The molecule has 3 heterocycles. The van der Waals surface area contributed by atoms with E-state index in [0.29, 0.717) is 17.6 Å². The van der Waals surface area contributed by atoms with E-state index in [9.17, 15) is 0 Å². The van der Waals surface area contributed by atoms with Crippen molar-refractivity contribution >= 4 is 65.2 Å². The lowest BCUT2D eigenvalue weighted by Gasteiger charge is -2.14. The van der Waals surface area contributed by atoms with Gasteiger partial charge in [-0.2, -0.15) is 9.97 Å². The first-order chi connectivity index (χ1) is 25.8. The molecule has 0 atom stereocenters. The van der Waals surface area contributed by atoms with E-state index in [-0.39, 0.29) is 0 Å². The SMILES string of the molecule is c1ccc(-c2nc(-c3ccc4ccccc4c3)nc(-n3c4ccccc4c4ccc5c6ccccc6n(-c6cccc7ccccc67)c5c43)n2)cc1. The Labute approximate surface area is 298 Å². The molecule has 0 fully saturated rings. The molecule has 0 aliphatic carbocycles. The minimum absolute atomic E-state index is 0.574. The predicted octanol–water partition coefficient (Wildman–Crippen LogP) is 11.7. The molecule has 0 aliphatic heterocycles. The number of hydrogen-bond acceptors (Lipinski definition) is 3. The van der Waals surface area contributed by atoms with E-state index in [4.69, 9.17) is 15.0 Å². The Bertz CT molecular complexity index is 3180. The summed E-state index contributed by atoms with van der Waals surface area (Å²) in [7, 11) is 0. The Morgan fingerprint density at radius 3 is 1.63 bits per heavy atom. The van der Waals surface area contributed by atoms with Crippen molar-refractivity contribution in [2.24, 2.45) is 0 Å². The Balaban J connectivity index is 1.31. The van der Waals surface area contributed by atoms with E-state index in [0.717, 1.165) is 55.0 Å². The third-order valence-corrected chi connectivity index (χ3v) is 10.3. The normalized spacial score (nSPS) is 11.8. The molecule has 0 spiro atoms. The average Bonchev–Trinajstić information content (AvgIpc) is 3.74. The molecule has 3 aromatic heterocycles. The highest BCUT2D eigenvalue weighted by Crippen LogP contribution is 2.42. The summed E-state index contributed by atoms with van der Waals surface area (Å²) in [5.74, 6) is 1.83. The summed E-state index contributed by atoms with van der Waals surface area (Å²) in [6.45, 7) is 0. The van der Waals surface area contributed by atoms with Gasteiger partial charge in [-0.15, -0.1) is 0 Å². The summed E-state index contributed by atoms with van der Waals surface area (Å²) in [5, 5.41) is 9.36. The molecule has 11 rings (SSSR count). The fourth-order valence-electron chi connectivity index (χ4n) is 8.00. The molecule has 0 amide bonds. The van der Waals surface area contributed by atoms with Crippen molar-refractivity contribution in [3.8, 4) is 34.4 Å². The minimum Gasteiger partial charge on any atom is -0.307 e. The van der Waals surface area contributed by atoms with Crippen molar-refractivity contribution in [3.05, 3.63) is 176 Å². The van der Waals surface area contributed by atoms with E-state index in [1.807, 2.05) is 18.2 Å². The first-order valence-electron chi connectivity index (χ1n) is 17.5. The molecule has 8 aromatic carbocycles. The van der Waals surface area contributed by atoms with Crippen molar-refractivity contribution in [2.75, 3.05) is 0 Å². The van der Waals surface area contributed by atoms with Gasteiger partial charge in [-0.25, -0.2) is 4.98 Å². The molecule has 0 saturated carbocycles. The summed E-state index contributed by atoms with van der Waals surface area (Å²) in [5.41, 5.74) is 7.35. The summed E-state index contributed by atoms with van der Waals surface area (Å²) in [6, 6.07) is 62.1. The molecule has 52 heavy (non-hydrogen) atoms. The standard InChI is InChI=1S/C47H29N5/c1-2-15-32(16-3-1)45-48-46(34-26-25-30-13-4-5-17-33(30)29-34)50-47(49-45)52-42-23-11-9-21-37(42)39-28-27-38-36-20-8-10-22-41(36)51(43(38)44(39)52)40-24-12-18-31-14-6-7-19-35(31)40/h1-29H. The zero-order valence-corrected chi connectivity index (χ0v) is 28.0. The lowest BCUT2D eigenvalue weighted by atomic mass is 10.1. The maximum atomic E-state index is 5.32. The van der Waals surface area contributed by atoms with Crippen LogP contribution in [0, 0.1) is 0 Å². The van der Waals surface area contributed by atoms with Crippen molar-refractivity contribution in [3.63, 3.8) is 0 Å². The van der Waals surface area contributed by atoms with Crippen LogP contribution in [0.1, 0.15) is 0 Å². The lowest BCUT2D eigenvalue weighted by molar-refractivity contribution is 0.954. The number of aromatic nitrogens is 5. The van der Waals surface area contributed by atoms with Gasteiger partial charge in [0.1, 0.15) is 0 Å². The predicted molar refractivity (Wildman–Crippen MR) is 214 cm³/mol. The topological polar surface area (TPSA) is 48.5 Å². The van der Waals surface area contributed by atoms with Crippen LogP contribution in [0.5, 0.6) is 0 Å². The van der Waals surface area contributed by atoms with E-state index in [2.05, 4.69) is 167 Å². The highest BCUT2D eigenvalue weighted by Gasteiger charge is 2.24. The monoisotopic (exact) mass is 663 g/mol. The largest absolute Gasteiger partial charge is 0.307 e. The molecule has 0 radical (unpaired) electrons. The summed E-state index contributed by atoms with van der Waals surface area (Å²) < 4.78 is 4.69. The zero-order valence-electron chi connectivity index (χ0n) is 28.0. The smallest absolute Gasteiger partial charge is 0.238 e. The van der Waals surface area contributed by atoms with Gasteiger partial charge in [0.15, 0.2) is 11.6 Å². The molecule has 0 unspecified atom stereocenters. The molecule has 0 aliphatic rings. The van der Waals surface area contributed by atoms with Gasteiger partial charge < -0.3 is 4.57 Å². The Kier molecular flexibility index (Phi) is 6.18. The average molecular weight is 664 g/mol. The molecule has 242 valence electrons. The number of benzene rings is 8. The summed E-state index contributed by atoms with van der Waals surface area (Å²) in [4.78, 5) is 15.7. The number of hydrogen-bond donors (Lipinski definition) is 0. The van der Waals surface area contributed by atoms with Crippen molar-refractivity contribution in [1.82, 2.24) is 24.1 Å². The second kappa shape index (κ2) is 11.2. The number of fused-ring (bicyclic) bond motifs is 9. The second-order valence-corrected chi connectivity index (χ2v) is 13.3. The third kappa shape index (κ3) is 4.26. The molecule has 0 saturated heterocycles. The van der Waals surface area contributed by atoms with Crippen LogP contribution in [0.3, 0.4) is 0 Å². The first-order valence-corrected chi connectivity index (χ1v) is 17.5. The van der Waals surface area contributed by atoms with Gasteiger partial charge in [0.2, 0.25) is 5.95 Å². The van der Waals surface area contributed by atoms with Crippen LogP contribution in [0.15, 0.2) is 176 Å². The number of rotatable bonds is 4. The Morgan fingerprint density at radius 2 is 0.885 bits per heavy atom. The van der Waals surface area contributed by atoms with Crippen LogP contribution in [0.4, 0.5) is 0 Å². The Hall–Kier alpha value is -7.11. The summed E-state index contributed by atoms with van der Waals surface area (Å²) in [6.07, 6.45) is 0. The van der Waals surface area contributed by atoms with Crippen LogP contribution >= 0.6 is 0 Å². The van der Waals surface area contributed by atoms with Crippen LogP contribution in [-0.2, 0) is 0 Å². The van der Waals surface area contributed by atoms with E-state index in [1.54, 1.807) is 0 Å². The van der Waals surface area contributed by atoms with Gasteiger partial charge in [0.05, 0.1) is 27.8 Å². The van der Waals surface area contributed by atoms with E-state index in [1.165, 1.54) is 26.9 Å². The lowest BCUT2D eigenvalue weighted by Crippen LogP contribution is -2.07. The fraction of sp³-hybridized carbons (Fsp3) is 0. The van der Waals surface area contributed by atoms with E-state index < -0.39 is 0 Å². The van der Waals surface area contributed by atoms with Crippen LogP contribution in [0.25, 0.3) is 99.6 Å². The van der Waals surface area contributed by atoms with Gasteiger partial charge >= 0.3 is 0 Å². The third-order valence-electron chi connectivity index (χ3n) is 10.3. The second-order valence-electron chi connectivity index (χ2n) is 13.3. The molecule has 11 aromatic rings. The van der Waals surface area contributed by atoms with Crippen molar-refractivity contribution in [2.45, 2.75) is 0 Å². The van der Waals surface area contributed by atoms with Gasteiger partial charge in [-0.3, -0.25) is 4.57 Å².